The maximum Gasteiger partial charge on any atom is 0.338 e. The number of amidine groups is 1. The number of rotatable bonds is 3. The second-order valence-electron chi connectivity index (χ2n) is 5.53. The molecule has 0 aliphatic carbocycles. The average molecular weight is 365 g/mol. The second-order valence-corrected chi connectivity index (χ2v) is 7.11. The van der Waals surface area contributed by atoms with Crippen molar-refractivity contribution in [1.82, 2.24) is 4.90 Å². The minimum Gasteiger partial charge on any atom is -0.466 e. The molecular formula is C17H17ClN2O3S. The lowest BCUT2D eigenvalue weighted by Crippen LogP contribution is -2.40. The molecule has 0 aromatic heterocycles. The topological polar surface area (TPSA) is 59.0 Å². The normalized spacial score (nSPS) is 23.2. The average Bonchev–Trinajstić information content (AvgIpc) is 2.89. The van der Waals surface area contributed by atoms with Gasteiger partial charge >= 0.3 is 5.97 Å². The highest BCUT2D eigenvalue weighted by Gasteiger charge is 2.47. The fourth-order valence-electron chi connectivity index (χ4n) is 2.95. The molecule has 1 aromatic carbocycles. The monoisotopic (exact) mass is 364 g/mol. The predicted molar refractivity (Wildman–Crippen MR) is 94.9 cm³/mol. The first-order chi connectivity index (χ1) is 11.5. The van der Waals surface area contributed by atoms with Crippen LogP contribution in [0, 0.1) is 0 Å². The third kappa shape index (κ3) is 2.63. The van der Waals surface area contributed by atoms with Crippen LogP contribution in [0.1, 0.15) is 31.9 Å². The fraction of sp³-hybridized carbons (Fsp3) is 0.353. The zero-order valence-electron chi connectivity index (χ0n) is 13.6. The maximum atomic E-state index is 12.8. The summed E-state index contributed by atoms with van der Waals surface area (Å²) < 4.78 is 4.93. The Balaban J connectivity index is 2.20. The van der Waals surface area contributed by atoms with E-state index in [2.05, 4.69) is 4.99 Å². The summed E-state index contributed by atoms with van der Waals surface area (Å²) in [5, 5.41) is 0.913. The van der Waals surface area contributed by atoms with E-state index < -0.39 is 12.0 Å². The number of thioether (sulfide) groups is 1. The fourth-order valence-corrected chi connectivity index (χ4v) is 4.32. The summed E-state index contributed by atoms with van der Waals surface area (Å²) in [6.07, 6.45) is 0.695. The molecule has 1 amide bonds. The molecule has 1 aromatic rings. The first-order valence-corrected chi connectivity index (χ1v) is 8.87. The van der Waals surface area contributed by atoms with Crippen LogP contribution in [0.15, 0.2) is 40.5 Å². The van der Waals surface area contributed by atoms with E-state index >= 15 is 0 Å². The molecule has 0 bridgehead atoms. The first-order valence-electron chi connectivity index (χ1n) is 7.61. The summed E-state index contributed by atoms with van der Waals surface area (Å²) in [5.41, 5.74) is 1.59. The van der Waals surface area contributed by atoms with E-state index in [1.807, 2.05) is 25.1 Å². The Hall–Kier alpha value is -1.79. The van der Waals surface area contributed by atoms with Crippen LogP contribution in [0.4, 0.5) is 0 Å². The maximum absolute atomic E-state index is 12.8. The summed E-state index contributed by atoms with van der Waals surface area (Å²) in [7, 11) is 1.32. The second kappa shape index (κ2) is 6.61. The van der Waals surface area contributed by atoms with Crippen LogP contribution in [0.5, 0.6) is 0 Å². The molecule has 0 N–H and O–H groups in total. The Morgan fingerprint density at radius 3 is 2.75 bits per heavy atom. The Labute approximate surface area is 149 Å². The zero-order chi connectivity index (χ0) is 17.4. The number of carbonyl (C=O) groups is 2. The number of esters is 1. The van der Waals surface area contributed by atoms with Gasteiger partial charge in [0, 0.05) is 5.02 Å². The van der Waals surface area contributed by atoms with Gasteiger partial charge in [0.15, 0.2) is 5.17 Å². The molecule has 24 heavy (non-hydrogen) atoms. The smallest absolute Gasteiger partial charge is 0.338 e. The molecule has 7 heteroatoms. The van der Waals surface area contributed by atoms with Gasteiger partial charge in [-0.1, -0.05) is 48.5 Å². The van der Waals surface area contributed by atoms with E-state index in [0.717, 1.165) is 0 Å². The molecule has 2 heterocycles. The summed E-state index contributed by atoms with van der Waals surface area (Å²) in [6, 6.07) is 6.60. The molecule has 1 fully saturated rings. The number of allylic oxidation sites excluding steroid dienone is 1. The van der Waals surface area contributed by atoms with Gasteiger partial charge in [-0.2, -0.15) is 0 Å². The van der Waals surface area contributed by atoms with Crippen LogP contribution >= 0.6 is 23.4 Å². The molecule has 126 valence electrons. The van der Waals surface area contributed by atoms with Crippen LogP contribution in [0.2, 0.25) is 5.02 Å². The van der Waals surface area contributed by atoms with E-state index in [9.17, 15) is 9.59 Å². The number of nitrogens with zero attached hydrogens (tertiary/aromatic N) is 2. The van der Waals surface area contributed by atoms with E-state index in [1.165, 1.54) is 18.9 Å². The zero-order valence-corrected chi connectivity index (χ0v) is 15.1. The molecule has 2 aliphatic rings. The van der Waals surface area contributed by atoms with Gasteiger partial charge in [0.05, 0.1) is 29.7 Å². The SMILES string of the molecule is CCC1SC2=NC(C)=C(C(=O)OC)C(c3ccccc3Cl)N2C1=O. The van der Waals surface area contributed by atoms with Gasteiger partial charge in [-0.15, -0.1) is 0 Å². The van der Waals surface area contributed by atoms with Crippen molar-refractivity contribution in [3.63, 3.8) is 0 Å². The Morgan fingerprint density at radius 2 is 2.12 bits per heavy atom. The number of halogens is 1. The molecule has 0 spiro atoms. The number of hydrogen-bond acceptors (Lipinski definition) is 5. The minimum absolute atomic E-state index is 0.0555. The van der Waals surface area contributed by atoms with Crippen molar-refractivity contribution in [3.05, 3.63) is 46.1 Å². The molecule has 0 radical (unpaired) electrons. The number of carbonyl (C=O) groups excluding carboxylic acids is 2. The summed E-state index contributed by atoms with van der Waals surface area (Å²) in [4.78, 5) is 31.3. The Morgan fingerprint density at radius 1 is 1.42 bits per heavy atom. The Bertz CT molecular complexity index is 775. The number of amides is 1. The molecule has 5 nitrogen and oxygen atoms in total. The highest BCUT2D eigenvalue weighted by atomic mass is 35.5. The van der Waals surface area contributed by atoms with Gasteiger partial charge in [0.1, 0.15) is 0 Å². The molecule has 1 saturated heterocycles. The van der Waals surface area contributed by atoms with Crippen LogP contribution < -0.4 is 0 Å². The van der Waals surface area contributed by atoms with Crippen molar-refractivity contribution < 1.29 is 14.3 Å². The summed E-state index contributed by atoms with van der Waals surface area (Å²) >= 11 is 7.80. The van der Waals surface area contributed by atoms with Crippen LogP contribution in [0.25, 0.3) is 0 Å². The molecular weight excluding hydrogens is 348 g/mol. The van der Waals surface area contributed by atoms with Crippen molar-refractivity contribution in [1.29, 1.82) is 0 Å². The number of ether oxygens (including phenoxy) is 1. The highest BCUT2D eigenvalue weighted by molar-refractivity contribution is 8.15. The summed E-state index contributed by atoms with van der Waals surface area (Å²) in [6.45, 7) is 3.71. The van der Waals surface area contributed by atoms with Crippen LogP contribution in [-0.4, -0.2) is 34.3 Å². The number of hydrogen-bond donors (Lipinski definition) is 0. The van der Waals surface area contributed by atoms with Crippen molar-refractivity contribution in [2.75, 3.05) is 7.11 Å². The number of benzene rings is 1. The minimum atomic E-state index is -0.616. The van der Waals surface area contributed by atoms with E-state index in [-0.39, 0.29) is 11.2 Å². The third-order valence-corrected chi connectivity index (χ3v) is 5.79. The predicted octanol–water partition coefficient (Wildman–Crippen LogP) is 3.55. The first kappa shape index (κ1) is 17.0. The standard InChI is InChI=1S/C17H17ClN2O3S/c1-4-12-15(21)20-14(10-7-5-6-8-11(10)18)13(16(22)23-3)9(2)19-17(20)24-12/h5-8,12,14H,4H2,1-3H3. The molecule has 2 unspecified atom stereocenters. The van der Waals surface area contributed by atoms with Crippen molar-refractivity contribution >= 4 is 40.4 Å². The molecule has 0 saturated carbocycles. The van der Waals surface area contributed by atoms with Crippen molar-refractivity contribution in [2.45, 2.75) is 31.6 Å². The van der Waals surface area contributed by atoms with Gasteiger partial charge in [-0.25, -0.2) is 9.79 Å². The molecule has 2 atom stereocenters. The van der Waals surface area contributed by atoms with Crippen LogP contribution in [-0.2, 0) is 14.3 Å². The lowest BCUT2D eigenvalue weighted by Gasteiger charge is -2.33. The lowest BCUT2D eigenvalue weighted by atomic mass is 9.94. The summed E-state index contributed by atoms with van der Waals surface area (Å²) in [5.74, 6) is -0.557. The quantitative estimate of drug-likeness (QED) is 0.769. The highest BCUT2D eigenvalue weighted by Crippen LogP contribution is 2.45. The van der Waals surface area contributed by atoms with E-state index in [4.69, 9.17) is 16.3 Å². The molecule has 3 rings (SSSR count). The largest absolute Gasteiger partial charge is 0.466 e. The van der Waals surface area contributed by atoms with Gasteiger partial charge in [-0.05, 0) is 25.0 Å². The van der Waals surface area contributed by atoms with E-state index in [1.54, 1.807) is 17.9 Å². The lowest BCUT2D eigenvalue weighted by molar-refractivity contribution is -0.137. The van der Waals surface area contributed by atoms with Gasteiger partial charge in [0.2, 0.25) is 5.91 Å². The van der Waals surface area contributed by atoms with Crippen molar-refractivity contribution in [3.8, 4) is 0 Å². The molecule has 2 aliphatic heterocycles. The third-order valence-electron chi connectivity index (χ3n) is 4.13. The van der Waals surface area contributed by atoms with Gasteiger partial charge in [0.25, 0.3) is 0 Å². The van der Waals surface area contributed by atoms with Gasteiger partial charge in [-0.3, -0.25) is 9.69 Å². The van der Waals surface area contributed by atoms with Crippen molar-refractivity contribution in [2.24, 2.45) is 4.99 Å². The van der Waals surface area contributed by atoms with E-state index in [0.29, 0.717) is 33.4 Å². The number of methoxy groups -OCH3 is 1. The van der Waals surface area contributed by atoms with Gasteiger partial charge < -0.3 is 4.74 Å². The Kier molecular flexibility index (Phi) is 4.69. The number of aliphatic imine (C=N–C) groups is 1. The van der Waals surface area contributed by atoms with Crippen LogP contribution in [0.3, 0.4) is 0 Å². The number of fused-ring (bicyclic) bond motifs is 1.